The van der Waals surface area contributed by atoms with Gasteiger partial charge in [-0.1, -0.05) is 0 Å². The Kier molecular flexibility index (Phi) is 5.08. The molecule has 0 N–H and O–H groups in total. The van der Waals surface area contributed by atoms with Crippen LogP contribution in [0.2, 0.25) is 0 Å². The van der Waals surface area contributed by atoms with Crippen molar-refractivity contribution < 1.29 is 13.9 Å². The zero-order valence-electron chi connectivity index (χ0n) is 15.3. The van der Waals surface area contributed by atoms with Gasteiger partial charge in [0.05, 0.1) is 25.2 Å². The SMILES string of the molecule is CCn1nc(CN2CCCN(C(=O)c3ccco3)CC2)c2c1CCOC2. The van der Waals surface area contributed by atoms with E-state index in [4.69, 9.17) is 14.3 Å². The maximum atomic E-state index is 12.5. The molecule has 7 heteroatoms. The normalized spacial score (nSPS) is 18.6. The molecule has 0 bridgehead atoms. The van der Waals surface area contributed by atoms with Crippen molar-refractivity contribution in [1.29, 1.82) is 0 Å². The van der Waals surface area contributed by atoms with Crippen LogP contribution in [0.15, 0.2) is 22.8 Å². The highest BCUT2D eigenvalue weighted by atomic mass is 16.5. The van der Waals surface area contributed by atoms with Crippen molar-refractivity contribution in [3.63, 3.8) is 0 Å². The van der Waals surface area contributed by atoms with Crippen LogP contribution in [0.25, 0.3) is 0 Å². The fraction of sp³-hybridized carbons (Fsp3) is 0.579. The van der Waals surface area contributed by atoms with Crippen molar-refractivity contribution in [2.75, 3.05) is 32.8 Å². The third-order valence-corrected chi connectivity index (χ3v) is 5.26. The second-order valence-corrected chi connectivity index (χ2v) is 6.89. The average molecular weight is 358 g/mol. The minimum atomic E-state index is -0.0158. The smallest absolute Gasteiger partial charge is 0.289 e. The first-order valence-corrected chi connectivity index (χ1v) is 9.46. The van der Waals surface area contributed by atoms with E-state index in [2.05, 4.69) is 16.5 Å². The Morgan fingerprint density at radius 2 is 2.19 bits per heavy atom. The molecule has 2 aliphatic rings. The van der Waals surface area contributed by atoms with Gasteiger partial charge in [0.2, 0.25) is 0 Å². The van der Waals surface area contributed by atoms with Crippen molar-refractivity contribution in [2.45, 2.75) is 39.5 Å². The molecule has 0 aliphatic carbocycles. The van der Waals surface area contributed by atoms with Gasteiger partial charge in [-0.15, -0.1) is 0 Å². The molecule has 26 heavy (non-hydrogen) atoms. The van der Waals surface area contributed by atoms with Crippen LogP contribution in [0.5, 0.6) is 0 Å². The van der Waals surface area contributed by atoms with E-state index < -0.39 is 0 Å². The number of hydrogen-bond donors (Lipinski definition) is 0. The van der Waals surface area contributed by atoms with Gasteiger partial charge in [-0.25, -0.2) is 0 Å². The lowest BCUT2D eigenvalue weighted by Crippen LogP contribution is -2.35. The summed E-state index contributed by atoms with van der Waals surface area (Å²) in [7, 11) is 0. The van der Waals surface area contributed by atoms with Crippen LogP contribution in [0.3, 0.4) is 0 Å². The van der Waals surface area contributed by atoms with Gasteiger partial charge in [0.1, 0.15) is 0 Å². The number of aromatic nitrogens is 2. The number of amides is 1. The summed E-state index contributed by atoms with van der Waals surface area (Å²) in [6.45, 7) is 8.60. The average Bonchev–Trinajstić information content (AvgIpc) is 3.26. The number of carbonyl (C=O) groups is 1. The molecule has 4 heterocycles. The van der Waals surface area contributed by atoms with Crippen LogP contribution in [-0.2, 0) is 30.9 Å². The second kappa shape index (κ2) is 7.63. The lowest BCUT2D eigenvalue weighted by molar-refractivity contribution is 0.0729. The zero-order valence-corrected chi connectivity index (χ0v) is 15.3. The first-order valence-electron chi connectivity index (χ1n) is 9.46. The van der Waals surface area contributed by atoms with Crippen LogP contribution in [-0.4, -0.2) is 58.3 Å². The topological polar surface area (TPSA) is 63.7 Å². The van der Waals surface area contributed by atoms with Gasteiger partial charge in [-0.2, -0.15) is 5.10 Å². The van der Waals surface area contributed by atoms with Crippen molar-refractivity contribution in [3.05, 3.63) is 41.1 Å². The fourth-order valence-electron chi connectivity index (χ4n) is 3.87. The van der Waals surface area contributed by atoms with Crippen LogP contribution in [0, 0.1) is 0 Å². The standard InChI is InChI=1S/C19H26N4O3/c1-2-23-17-6-12-25-14-15(17)16(20-23)13-21-7-4-8-22(10-9-21)19(24)18-5-3-11-26-18/h3,5,11H,2,4,6-10,12-14H2,1H3. The molecule has 140 valence electrons. The maximum absolute atomic E-state index is 12.5. The summed E-state index contributed by atoms with van der Waals surface area (Å²) in [6.07, 6.45) is 3.45. The van der Waals surface area contributed by atoms with Gasteiger partial charge in [-0.05, 0) is 25.5 Å². The number of fused-ring (bicyclic) bond motifs is 1. The summed E-state index contributed by atoms with van der Waals surface area (Å²) >= 11 is 0. The molecular formula is C19H26N4O3. The predicted octanol–water partition coefficient (Wildman–Crippen LogP) is 1.92. The van der Waals surface area contributed by atoms with Crippen molar-refractivity contribution in [1.82, 2.24) is 19.6 Å². The molecule has 0 saturated carbocycles. The predicted molar refractivity (Wildman–Crippen MR) is 95.8 cm³/mol. The lowest BCUT2D eigenvalue weighted by Gasteiger charge is -2.21. The Morgan fingerprint density at radius 3 is 3.00 bits per heavy atom. The van der Waals surface area contributed by atoms with E-state index in [1.807, 2.05) is 4.90 Å². The summed E-state index contributed by atoms with van der Waals surface area (Å²) in [5.74, 6) is 0.407. The maximum Gasteiger partial charge on any atom is 0.289 e. The molecule has 0 unspecified atom stereocenters. The summed E-state index contributed by atoms with van der Waals surface area (Å²) < 4.78 is 13.0. The van der Waals surface area contributed by atoms with Crippen LogP contribution in [0.1, 0.15) is 40.9 Å². The number of furan rings is 1. The Balaban J connectivity index is 1.42. The van der Waals surface area contributed by atoms with Gasteiger partial charge < -0.3 is 14.1 Å². The van der Waals surface area contributed by atoms with Crippen LogP contribution < -0.4 is 0 Å². The number of rotatable bonds is 4. The van der Waals surface area contributed by atoms with Gasteiger partial charge in [-0.3, -0.25) is 14.4 Å². The van der Waals surface area contributed by atoms with Gasteiger partial charge in [0, 0.05) is 56.9 Å². The van der Waals surface area contributed by atoms with Crippen LogP contribution in [0.4, 0.5) is 0 Å². The Morgan fingerprint density at radius 1 is 1.27 bits per heavy atom. The van der Waals surface area contributed by atoms with E-state index in [0.717, 1.165) is 57.9 Å². The van der Waals surface area contributed by atoms with Gasteiger partial charge in [0.15, 0.2) is 5.76 Å². The Labute approximate surface area is 153 Å². The molecule has 0 aromatic carbocycles. The van der Waals surface area contributed by atoms with E-state index in [0.29, 0.717) is 18.9 Å². The van der Waals surface area contributed by atoms with E-state index in [9.17, 15) is 4.79 Å². The third-order valence-electron chi connectivity index (χ3n) is 5.26. The highest BCUT2D eigenvalue weighted by Gasteiger charge is 2.25. The lowest BCUT2D eigenvalue weighted by atomic mass is 10.1. The monoisotopic (exact) mass is 358 g/mol. The highest BCUT2D eigenvalue weighted by molar-refractivity contribution is 5.91. The fourth-order valence-corrected chi connectivity index (χ4v) is 3.87. The molecule has 2 aromatic heterocycles. The first-order chi connectivity index (χ1) is 12.8. The van der Waals surface area contributed by atoms with E-state index in [1.165, 1.54) is 11.3 Å². The largest absolute Gasteiger partial charge is 0.459 e. The molecule has 1 saturated heterocycles. The number of nitrogens with zero attached hydrogens (tertiary/aromatic N) is 4. The number of aryl methyl sites for hydroxylation is 1. The molecule has 1 amide bonds. The quantitative estimate of drug-likeness (QED) is 0.835. The summed E-state index contributed by atoms with van der Waals surface area (Å²) in [6, 6.07) is 3.49. The number of carbonyl (C=O) groups excluding carboxylic acids is 1. The minimum absolute atomic E-state index is 0.0158. The van der Waals surface area contributed by atoms with E-state index in [1.54, 1.807) is 18.4 Å². The molecule has 2 aliphatic heterocycles. The van der Waals surface area contributed by atoms with Crippen LogP contribution >= 0.6 is 0 Å². The summed E-state index contributed by atoms with van der Waals surface area (Å²) in [4.78, 5) is 16.8. The van der Waals surface area contributed by atoms with Gasteiger partial charge in [0.25, 0.3) is 5.91 Å². The molecule has 4 rings (SSSR count). The van der Waals surface area contributed by atoms with Crippen molar-refractivity contribution in [3.8, 4) is 0 Å². The minimum Gasteiger partial charge on any atom is -0.459 e. The number of ether oxygens (including phenoxy) is 1. The van der Waals surface area contributed by atoms with E-state index in [-0.39, 0.29) is 5.91 Å². The molecule has 0 atom stereocenters. The Hall–Kier alpha value is -2.12. The zero-order chi connectivity index (χ0) is 17.9. The number of hydrogen-bond acceptors (Lipinski definition) is 5. The third kappa shape index (κ3) is 3.41. The van der Waals surface area contributed by atoms with E-state index >= 15 is 0 Å². The molecule has 7 nitrogen and oxygen atoms in total. The van der Waals surface area contributed by atoms with Crippen molar-refractivity contribution in [2.24, 2.45) is 0 Å². The Bertz CT molecular complexity index is 753. The first kappa shape index (κ1) is 17.3. The molecular weight excluding hydrogens is 332 g/mol. The highest BCUT2D eigenvalue weighted by Crippen LogP contribution is 2.22. The molecule has 2 aromatic rings. The molecule has 1 fully saturated rings. The molecule has 0 radical (unpaired) electrons. The summed E-state index contributed by atoms with van der Waals surface area (Å²) in [5, 5.41) is 4.83. The van der Waals surface area contributed by atoms with Crippen molar-refractivity contribution >= 4 is 5.91 Å². The second-order valence-electron chi connectivity index (χ2n) is 6.89. The molecule has 0 spiro atoms. The van der Waals surface area contributed by atoms with Gasteiger partial charge >= 0.3 is 0 Å². The summed E-state index contributed by atoms with van der Waals surface area (Å²) in [5.41, 5.74) is 3.73.